The summed E-state index contributed by atoms with van der Waals surface area (Å²) in [6, 6.07) is 4.37. The van der Waals surface area contributed by atoms with Crippen LogP contribution >= 0.6 is 11.6 Å². The maximum atomic E-state index is 13.5. The van der Waals surface area contributed by atoms with Gasteiger partial charge in [-0.05, 0) is 70.6 Å². The monoisotopic (exact) mass is 491 g/mol. The minimum atomic E-state index is -3.80. The van der Waals surface area contributed by atoms with Gasteiger partial charge in [-0.1, -0.05) is 11.6 Å². The molecule has 3 aliphatic rings. The maximum Gasteiger partial charge on any atom is 0.344 e. The zero-order valence-corrected chi connectivity index (χ0v) is 20.3. The lowest BCUT2D eigenvalue weighted by Gasteiger charge is -2.31. The first-order chi connectivity index (χ1) is 15.6. The average Bonchev–Trinajstić information content (AvgIpc) is 3.53. The van der Waals surface area contributed by atoms with Gasteiger partial charge in [0.1, 0.15) is 11.3 Å². The highest BCUT2D eigenvalue weighted by Crippen LogP contribution is 2.50. The molecule has 0 bridgehead atoms. The van der Waals surface area contributed by atoms with Crippen molar-refractivity contribution in [2.24, 2.45) is 0 Å². The number of esters is 1. The Balaban J connectivity index is 1.75. The quantitative estimate of drug-likeness (QED) is 0.555. The van der Waals surface area contributed by atoms with E-state index in [0.29, 0.717) is 27.6 Å². The van der Waals surface area contributed by atoms with Gasteiger partial charge >= 0.3 is 5.97 Å². The zero-order chi connectivity index (χ0) is 23.7. The van der Waals surface area contributed by atoms with Crippen molar-refractivity contribution in [2.75, 3.05) is 0 Å². The van der Waals surface area contributed by atoms with E-state index in [2.05, 4.69) is 0 Å². The number of benzene rings is 1. The lowest BCUT2D eigenvalue weighted by molar-refractivity contribution is 0.0375. The van der Waals surface area contributed by atoms with Crippen LogP contribution in [0.2, 0.25) is 5.02 Å². The Labute approximate surface area is 197 Å². The van der Waals surface area contributed by atoms with Gasteiger partial charge in [0.2, 0.25) is 0 Å². The first-order valence-corrected chi connectivity index (χ1v) is 13.3. The van der Waals surface area contributed by atoms with Crippen LogP contribution in [0.3, 0.4) is 0 Å². The van der Waals surface area contributed by atoms with Crippen LogP contribution in [0.25, 0.3) is 11.3 Å². The van der Waals surface area contributed by atoms with Gasteiger partial charge in [-0.25, -0.2) is 13.2 Å². The molecule has 1 aromatic carbocycles. The molecule has 1 aromatic heterocycles. The summed E-state index contributed by atoms with van der Waals surface area (Å²) < 4.78 is 39.9. The number of hydrogen-bond acceptors (Lipinski definition) is 6. The first kappa shape index (κ1) is 22.5. The lowest BCUT2D eigenvalue weighted by atomic mass is 9.96. The van der Waals surface area contributed by atoms with E-state index in [-0.39, 0.29) is 22.6 Å². The number of hydrogen-bond donors (Lipinski definition) is 0. The van der Waals surface area contributed by atoms with Crippen LogP contribution in [0.4, 0.5) is 0 Å². The molecule has 1 atom stereocenters. The molecule has 1 aliphatic heterocycles. The van der Waals surface area contributed by atoms with Crippen molar-refractivity contribution in [3.05, 3.63) is 44.7 Å². The number of fused-ring (bicyclic) bond motifs is 3. The third kappa shape index (κ3) is 3.67. The molecule has 0 N–H and O–H groups in total. The molecule has 5 rings (SSSR count). The summed E-state index contributed by atoms with van der Waals surface area (Å²) >= 11 is 6.53. The molecule has 0 saturated heterocycles. The molecule has 0 radical (unpaired) electrons. The zero-order valence-electron chi connectivity index (χ0n) is 18.8. The number of sulfone groups is 1. The highest BCUT2D eigenvalue weighted by Gasteiger charge is 2.41. The number of carbonyl (C=O) groups is 1. The van der Waals surface area contributed by atoms with E-state index in [9.17, 15) is 18.0 Å². The van der Waals surface area contributed by atoms with E-state index < -0.39 is 32.7 Å². The van der Waals surface area contributed by atoms with Crippen molar-refractivity contribution in [1.29, 1.82) is 0 Å². The largest absolute Gasteiger partial charge is 0.489 e. The summed E-state index contributed by atoms with van der Waals surface area (Å²) in [6.45, 7) is 4.98. The topological polar surface area (TPSA) is 91.7 Å². The Morgan fingerprint density at radius 1 is 1.15 bits per heavy atom. The minimum absolute atomic E-state index is 0.0377. The van der Waals surface area contributed by atoms with E-state index in [4.69, 9.17) is 21.1 Å². The van der Waals surface area contributed by atoms with Gasteiger partial charge in [0.25, 0.3) is 5.56 Å². The third-order valence-electron chi connectivity index (χ3n) is 6.58. The predicted octanol–water partition coefficient (Wildman–Crippen LogP) is 4.85. The van der Waals surface area contributed by atoms with Crippen LogP contribution in [0.15, 0.2) is 27.9 Å². The number of aromatic nitrogens is 1. The molecule has 2 heterocycles. The smallest absolute Gasteiger partial charge is 0.344 e. The Morgan fingerprint density at radius 3 is 2.42 bits per heavy atom. The second kappa shape index (κ2) is 7.87. The number of halogens is 1. The van der Waals surface area contributed by atoms with Crippen LogP contribution in [0, 0.1) is 0 Å². The molecular formula is C24H26ClNO6S. The average molecular weight is 492 g/mol. The fourth-order valence-corrected chi connectivity index (χ4v) is 6.26. The van der Waals surface area contributed by atoms with E-state index in [0.717, 1.165) is 32.1 Å². The first-order valence-electron chi connectivity index (χ1n) is 11.3. The van der Waals surface area contributed by atoms with Crippen molar-refractivity contribution in [3.8, 4) is 17.0 Å². The summed E-state index contributed by atoms with van der Waals surface area (Å²) in [7, 11) is -3.80. The van der Waals surface area contributed by atoms with Gasteiger partial charge < -0.3 is 14.0 Å². The van der Waals surface area contributed by atoms with Gasteiger partial charge in [-0.2, -0.15) is 0 Å². The van der Waals surface area contributed by atoms with Crippen LogP contribution in [-0.2, 0) is 14.6 Å². The molecule has 176 valence electrons. The second-order valence-corrected chi connectivity index (χ2v) is 12.0. The summed E-state index contributed by atoms with van der Waals surface area (Å²) in [5.41, 5.74) is 0.689. The molecule has 0 spiro atoms. The van der Waals surface area contributed by atoms with E-state index in [1.165, 1.54) is 12.1 Å². The summed E-state index contributed by atoms with van der Waals surface area (Å²) in [6.07, 6.45) is 4.09. The maximum absolute atomic E-state index is 13.5. The van der Waals surface area contributed by atoms with Gasteiger partial charge in [-0.15, -0.1) is 0 Å². The summed E-state index contributed by atoms with van der Waals surface area (Å²) in [5.74, 6) is -0.401. The van der Waals surface area contributed by atoms with Gasteiger partial charge in [0, 0.05) is 17.7 Å². The fourth-order valence-electron chi connectivity index (χ4n) is 4.43. The van der Waals surface area contributed by atoms with Gasteiger partial charge in [0.05, 0.1) is 33.1 Å². The second-order valence-electron chi connectivity index (χ2n) is 9.36. The molecular weight excluding hydrogens is 466 g/mol. The molecule has 2 aliphatic carbocycles. The molecule has 2 saturated carbocycles. The van der Waals surface area contributed by atoms with Crippen LogP contribution < -0.4 is 10.3 Å². The van der Waals surface area contributed by atoms with Gasteiger partial charge in [0.15, 0.2) is 9.84 Å². The molecule has 9 heteroatoms. The summed E-state index contributed by atoms with van der Waals surface area (Å²) in [4.78, 5) is 26.2. The van der Waals surface area contributed by atoms with Crippen molar-refractivity contribution >= 4 is 27.4 Å². The Kier molecular flexibility index (Phi) is 5.36. The number of rotatable bonds is 5. The lowest BCUT2D eigenvalue weighted by Crippen LogP contribution is -2.33. The molecule has 1 unspecified atom stereocenters. The van der Waals surface area contributed by atoms with Crippen molar-refractivity contribution in [3.63, 3.8) is 0 Å². The fraction of sp³-hybridized carbons (Fsp3) is 0.500. The van der Waals surface area contributed by atoms with E-state index in [1.54, 1.807) is 31.4 Å². The van der Waals surface area contributed by atoms with Crippen LogP contribution in [-0.4, -0.2) is 31.2 Å². The number of nitrogens with zero attached hydrogens (tertiary/aromatic N) is 1. The van der Waals surface area contributed by atoms with Crippen molar-refractivity contribution in [1.82, 2.24) is 4.57 Å². The van der Waals surface area contributed by atoms with Crippen molar-refractivity contribution in [2.45, 2.75) is 81.3 Å². The standard InChI is InChI=1S/C24H26ClNO6S/c1-12(2)31-24(28)18-9-16-13(3)33(29,30)21-11-20(32-15-5-4-6-15)19(25)10-17(21)22(16)26(23(18)27)14-7-8-14/h9-15H,4-8H2,1-3H3. The van der Waals surface area contributed by atoms with E-state index in [1.807, 2.05) is 0 Å². The van der Waals surface area contributed by atoms with Crippen LogP contribution in [0.1, 0.15) is 80.1 Å². The molecule has 7 nitrogen and oxygen atoms in total. The van der Waals surface area contributed by atoms with Crippen LogP contribution in [0.5, 0.6) is 5.75 Å². The Bertz CT molecular complexity index is 1320. The number of ether oxygens (including phenoxy) is 2. The van der Waals surface area contributed by atoms with Crippen molar-refractivity contribution < 1.29 is 22.7 Å². The molecule has 2 fully saturated rings. The molecule has 33 heavy (non-hydrogen) atoms. The Morgan fingerprint density at radius 2 is 1.85 bits per heavy atom. The molecule has 0 amide bonds. The van der Waals surface area contributed by atoms with Gasteiger partial charge in [-0.3, -0.25) is 4.79 Å². The Hall–Kier alpha value is -2.32. The highest BCUT2D eigenvalue weighted by atomic mass is 35.5. The SMILES string of the molecule is CC(C)OC(=O)c1cc2c(n(C3CC3)c1=O)-c1cc(Cl)c(OC3CCC3)cc1S(=O)(=O)C2C. The minimum Gasteiger partial charge on any atom is -0.489 e. The number of pyridine rings is 1. The predicted molar refractivity (Wildman–Crippen MR) is 124 cm³/mol. The summed E-state index contributed by atoms with van der Waals surface area (Å²) in [5, 5.41) is -0.650. The number of carbonyl (C=O) groups excluding carboxylic acids is 1. The third-order valence-corrected chi connectivity index (χ3v) is 9.01. The molecule has 2 aromatic rings. The normalized spacial score (nSPS) is 21.2. The highest BCUT2D eigenvalue weighted by molar-refractivity contribution is 7.92. The van der Waals surface area contributed by atoms with E-state index >= 15 is 0 Å².